The van der Waals surface area contributed by atoms with Crippen LogP contribution in [0.4, 0.5) is 0 Å². The predicted molar refractivity (Wildman–Crippen MR) is 156 cm³/mol. The van der Waals surface area contributed by atoms with E-state index in [2.05, 4.69) is 21.3 Å². The first kappa shape index (κ1) is 39.3. The third kappa shape index (κ3) is 16.6. The molecule has 0 aliphatic carbocycles. The number of hydrogen-bond acceptors (Lipinski definition) is 9. The highest BCUT2D eigenvalue weighted by Crippen LogP contribution is 2.12. The highest BCUT2D eigenvalue weighted by atomic mass is 16.4. The van der Waals surface area contributed by atoms with E-state index in [1.807, 2.05) is 0 Å². The van der Waals surface area contributed by atoms with Gasteiger partial charge in [0.2, 0.25) is 23.6 Å². The summed E-state index contributed by atoms with van der Waals surface area (Å²) in [5, 5.41) is 45.4. The molecule has 0 heterocycles. The first-order chi connectivity index (χ1) is 20.5. The van der Waals surface area contributed by atoms with Crippen molar-refractivity contribution in [2.75, 3.05) is 6.54 Å². The Labute approximate surface area is 254 Å². The smallest absolute Gasteiger partial charge is 0.326 e. The summed E-state index contributed by atoms with van der Waals surface area (Å²) in [5.41, 5.74) is 6.00. The highest BCUT2D eigenvalue weighted by molar-refractivity contribution is 5.96. The second kappa shape index (κ2) is 20.2. The molecule has 0 aliphatic heterocycles. The van der Waals surface area contributed by atoms with Gasteiger partial charge in [0.25, 0.3) is 5.97 Å². The van der Waals surface area contributed by atoms with Gasteiger partial charge in [-0.2, -0.15) is 0 Å². The molecule has 4 amide bonds. The third-order valence-corrected chi connectivity index (χ3v) is 5.89. The van der Waals surface area contributed by atoms with Crippen molar-refractivity contribution in [2.45, 2.75) is 84.0 Å². The molecule has 0 saturated carbocycles. The Kier molecular flexibility index (Phi) is 18.0. The van der Waals surface area contributed by atoms with Crippen LogP contribution in [0.3, 0.4) is 0 Å². The number of phenolic OH excluding ortho intramolecular Hbond substituents is 1. The molecule has 1 aromatic carbocycles. The maximum Gasteiger partial charge on any atom is 0.326 e. The predicted octanol–water partition coefficient (Wildman–Crippen LogP) is -0.671. The number of carbonyl (C=O) groups is 7. The van der Waals surface area contributed by atoms with Crippen LogP contribution in [0.5, 0.6) is 5.75 Å². The van der Waals surface area contributed by atoms with E-state index in [0.717, 1.165) is 6.92 Å². The fourth-order valence-electron chi connectivity index (χ4n) is 3.78. The Morgan fingerprint density at radius 1 is 0.750 bits per heavy atom. The van der Waals surface area contributed by atoms with Gasteiger partial charge in [0.1, 0.15) is 29.9 Å². The van der Waals surface area contributed by atoms with Gasteiger partial charge >= 0.3 is 11.9 Å². The number of aromatic hydroxyl groups is 1. The molecule has 0 spiro atoms. The maximum atomic E-state index is 13.1. The summed E-state index contributed by atoms with van der Waals surface area (Å²) >= 11 is 0. The Bertz CT molecular complexity index is 1140. The standard InChI is InChI=1S/C26H39N5O9.C2H4O2/c1-14(2)22(25(38)30-20(26(39)40)12-16-7-9-17(33)10-8-16)31-24(37)19(13-21(34)35)29-23(36)18(28-15(3)32)6-4-5-11-27;1-2(3)4/h7-10,14,18-20,22,33H,4-6,11-13,27H2,1-3H3,(H,28,32)(H,29,36)(H,30,38)(H,31,37)(H,34,35)(H,39,40);1H3,(H,3,4). The van der Waals surface area contributed by atoms with Crippen molar-refractivity contribution in [2.24, 2.45) is 11.7 Å². The average Bonchev–Trinajstić information content (AvgIpc) is 2.90. The average molecular weight is 626 g/mol. The summed E-state index contributed by atoms with van der Waals surface area (Å²) in [6, 6.07) is 0.503. The van der Waals surface area contributed by atoms with Crippen molar-refractivity contribution in [3.05, 3.63) is 29.8 Å². The second-order valence-electron chi connectivity index (χ2n) is 10.2. The zero-order valence-corrected chi connectivity index (χ0v) is 25.2. The summed E-state index contributed by atoms with van der Waals surface area (Å²) in [6.07, 6.45) is 0.371. The van der Waals surface area contributed by atoms with Crippen molar-refractivity contribution < 1.29 is 54.0 Å². The van der Waals surface area contributed by atoms with Gasteiger partial charge in [-0.05, 0) is 49.4 Å². The van der Waals surface area contributed by atoms with Gasteiger partial charge < -0.3 is 47.4 Å². The number of hydrogen-bond donors (Lipinski definition) is 9. The number of amides is 4. The number of nitrogens with two attached hydrogens (primary N) is 1. The second-order valence-corrected chi connectivity index (χ2v) is 10.2. The van der Waals surface area contributed by atoms with Crippen LogP contribution in [0.25, 0.3) is 0 Å². The molecule has 0 fully saturated rings. The number of phenols is 1. The van der Waals surface area contributed by atoms with E-state index < -0.39 is 78.0 Å². The van der Waals surface area contributed by atoms with Crippen molar-refractivity contribution in [1.82, 2.24) is 21.3 Å². The van der Waals surface area contributed by atoms with Gasteiger partial charge in [-0.15, -0.1) is 0 Å². The molecule has 246 valence electrons. The van der Waals surface area contributed by atoms with E-state index in [0.29, 0.717) is 24.9 Å². The molecule has 0 radical (unpaired) electrons. The molecular weight excluding hydrogens is 582 g/mol. The lowest BCUT2D eigenvalue weighted by Gasteiger charge is -2.27. The molecule has 10 N–H and O–H groups in total. The number of carboxylic acids is 3. The largest absolute Gasteiger partial charge is 0.508 e. The first-order valence-corrected chi connectivity index (χ1v) is 13.8. The topological polar surface area (TPSA) is 275 Å². The van der Waals surface area contributed by atoms with Crippen molar-refractivity contribution in [3.63, 3.8) is 0 Å². The number of unbranched alkanes of at least 4 members (excludes halogenated alkanes) is 1. The zero-order chi connectivity index (χ0) is 34.0. The van der Waals surface area contributed by atoms with Gasteiger partial charge in [-0.1, -0.05) is 26.0 Å². The monoisotopic (exact) mass is 625 g/mol. The van der Waals surface area contributed by atoms with Crippen LogP contribution in [-0.4, -0.2) is 92.7 Å². The van der Waals surface area contributed by atoms with Gasteiger partial charge in [-0.25, -0.2) is 4.79 Å². The minimum absolute atomic E-state index is 0.00999. The molecule has 1 rings (SSSR count). The van der Waals surface area contributed by atoms with Crippen LogP contribution in [0, 0.1) is 5.92 Å². The minimum atomic E-state index is -1.59. The van der Waals surface area contributed by atoms with E-state index in [-0.39, 0.29) is 18.6 Å². The quantitative estimate of drug-likeness (QED) is 0.0975. The SMILES string of the molecule is CC(=O)NC(CCCCN)C(=O)NC(CC(=O)O)C(=O)NC(C(=O)NC(Cc1ccc(O)cc1)C(=O)O)C(C)C.CC(=O)O. The lowest BCUT2D eigenvalue weighted by Crippen LogP contribution is -2.59. The van der Waals surface area contributed by atoms with E-state index >= 15 is 0 Å². The molecule has 16 nitrogen and oxygen atoms in total. The minimum Gasteiger partial charge on any atom is -0.508 e. The summed E-state index contributed by atoms with van der Waals surface area (Å²) in [6.45, 7) is 5.85. The third-order valence-electron chi connectivity index (χ3n) is 5.89. The molecule has 0 bridgehead atoms. The van der Waals surface area contributed by atoms with E-state index in [4.69, 9.17) is 15.6 Å². The van der Waals surface area contributed by atoms with Crippen LogP contribution in [0.15, 0.2) is 24.3 Å². The fourth-order valence-corrected chi connectivity index (χ4v) is 3.78. The van der Waals surface area contributed by atoms with Gasteiger partial charge in [0.05, 0.1) is 6.42 Å². The molecule has 4 unspecified atom stereocenters. The summed E-state index contributed by atoms with van der Waals surface area (Å²) < 4.78 is 0. The first-order valence-electron chi connectivity index (χ1n) is 13.8. The van der Waals surface area contributed by atoms with Crippen LogP contribution in [-0.2, 0) is 40.0 Å². The Morgan fingerprint density at radius 2 is 1.27 bits per heavy atom. The Morgan fingerprint density at radius 3 is 1.73 bits per heavy atom. The van der Waals surface area contributed by atoms with Crippen molar-refractivity contribution >= 4 is 41.5 Å². The van der Waals surface area contributed by atoms with Crippen molar-refractivity contribution in [1.29, 1.82) is 0 Å². The highest BCUT2D eigenvalue weighted by Gasteiger charge is 2.33. The molecule has 44 heavy (non-hydrogen) atoms. The molecule has 0 aliphatic rings. The van der Waals surface area contributed by atoms with Crippen molar-refractivity contribution in [3.8, 4) is 5.75 Å². The van der Waals surface area contributed by atoms with E-state index in [1.54, 1.807) is 13.8 Å². The van der Waals surface area contributed by atoms with E-state index in [1.165, 1.54) is 31.2 Å². The number of rotatable bonds is 17. The number of carboxylic acid groups (broad SMARTS) is 3. The molecule has 0 saturated heterocycles. The Hall–Kier alpha value is -4.73. The molecule has 1 aromatic rings. The number of nitrogens with one attached hydrogen (secondary N) is 4. The molecular formula is C28H43N5O11. The van der Waals surface area contributed by atoms with Crippen LogP contribution in [0.2, 0.25) is 0 Å². The zero-order valence-electron chi connectivity index (χ0n) is 25.2. The number of carbonyl (C=O) groups excluding carboxylic acids is 4. The van der Waals surface area contributed by atoms with E-state index in [9.17, 15) is 44.1 Å². The van der Waals surface area contributed by atoms with Crippen LogP contribution in [0.1, 0.15) is 58.9 Å². The molecule has 4 atom stereocenters. The number of aliphatic carboxylic acids is 3. The summed E-state index contributed by atoms with van der Waals surface area (Å²) in [5.74, 6) is -7.19. The molecule has 16 heteroatoms. The number of benzene rings is 1. The van der Waals surface area contributed by atoms with Gasteiger partial charge in [0.15, 0.2) is 0 Å². The fraction of sp³-hybridized carbons (Fsp3) is 0.536. The maximum absolute atomic E-state index is 13.1. The van der Waals surface area contributed by atoms with Crippen LogP contribution >= 0.6 is 0 Å². The lowest BCUT2D eigenvalue weighted by atomic mass is 10.0. The van der Waals surface area contributed by atoms with Crippen LogP contribution < -0.4 is 27.0 Å². The normalized spacial score (nSPS) is 13.1. The lowest BCUT2D eigenvalue weighted by molar-refractivity contribution is -0.143. The van der Waals surface area contributed by atoms with Gasteiger partial charge in [-0.3, -0.25) is 28.8 Å². The summed E-state index contributed by atoms with van der Waals surface area (Å²) in [7, 11) is 0. The summed E-state index contributed by atoms with van der Waals surface area (Å²) in [4.78, 5) is 82.8. The Balaban J connectivity index is 0.00000433. The van der Waals surface area contributed by atoms with Gasteiger partial charge in [0, 0.05) is 20.3 Å². The molecule has 0 aromatic heterocycles.